The molecule has 0 bridgehead atoms. The van der Waals surface area contributed by atoms with Crippen LogP contribution < -0.4 is 4.74 Å². The standard InChI is InChI=1S/C14H14ClNO2/c1-2-11-7-12(4-5-13(11)15)18-14-6-3-10(9-17)8-16-14/h3-8,17H,2,9H2,1H3. The normalized spacial score (nSPS) is 10.4. The van der Waals surface area contributed by atoms with Gasteiger partial charge in [-0.2, -0.15) is 0 Å². The summed E-state index contributed by atoms with van der Waals surface area (Å²) in [4.78, 5) is 4.11. The van der Waals surface area contributed by atoms with Crippen LogP contribution in [0.4, 0.5) is 0 Å². The molecule has 2 rings (SSSR count). The molecule has 0 fully saturated rings. The van der Waals surface area contributed by atoms with Gasteiger partial charge in [0.25, 0.3) is 0 Å². The molecule has 0 saturated heterocycles. The maximum Gasteiger partial charge on any atom is 0.219 e. The van der Waals surface area contributed by atoms with Crippen molar-refractivity contribution in [2.45, 2.75) is 20.0 Å². The molecule has 18 heavy (non-hydrogen) atoms. The molecule has 0 amide bonds. The van der Waals surface area contributed by atoms with Crippen LogP contribution in [-0.2, 0) is 13.0 Å². The maximum absolute atomic E-state index is 8.92. The zero-order valence-electron chi connectivity index (χ0n) is 10.1. The summed E-state index contributed by atoms with van der Waals surface area (Å²) in [5, 5.41) is 9.67. The lowest BCUT2D eigenvalue weighted by molar-refractivity contribution is 0.281. The van der Waals surface area contributed by atoms with Gasteiger partial charge in [-0.15, -0.1) is 0 Å². The highest BCUT2D eigenvalue weighted by atomic mass is 35.5. The predicted octanol–water partition coefficient (Wildman–Crippen LogP) is 3.58. The average Bonchev–Trinajstić information content (AvgIpc) is 2.42. The number of halogens is 1. The largest absolute Gasteiger partial charge is 0.439 e. The number of aliphatic hydroxyl groups is 1. The zero-order chi connectivity index (χ0) is 13.0. The van der Waals surface area contributed by atoms with Gasteiger partial charge in [-0.05, 0) is 41.8 Å². The molecule has 1 N–H and O–H groups in total. The topological polar surface area (TPSA) is 42.4 Å². The lowest BCUT2D eigenvalue weighted by Crippen LogP contribution is -1.91. The molecular weight excluding hydrogens is 250 g/mol. The summed E-state index contributed by atoms with van der Waals surface area (Å²) in [6.07, 6.45) is 2.44. The molecule has 1 aromatic heterocycles. The second kappa shape index (κ2) is 5.85. The van der Waals surface area contributed by atoms with Gasteiger partial charge in [0.15, 0.2) is 0 Å². The van der Waals surface area contributed by atoms with Crippen LogP contribution in [-0.4, -0.2) is 10.1 Å². The minimum absolute atomic E-state index is 0.0196. The maximum atomic E-state index is 8.92. The van der Waals surface area contributed by atoms with Gasteiger partial charge in [-0.25, -0.2) is 4.98 Å². The molecule has 94 valence electrons. The molecule has 0 saturated carbocycles. The molecular formula is C14H14ClNO2. The number of nitrogens with zero attached hydrogens (tertiary/aromatic N) is 1. The van der Waals surface area contributed by atoms with E-state index in [4.69, 9.17) is 21.4 Å². The van der Waals surface area contributed by atoms with Crippen LogP contribution in [0.15, 0.2) is 36.5 Å². The third-order valence-corrected chi connectivity index (χ3v) is 2.97. The molecule has 4 heteroatoms. The number of hydrogen-bond acceptors (Lipinski definition) is 3. The monoisotopic (exact) mass is 263 g/mol. The van der Waals surface area contributed by atoms with Crippen LogP contribution in [0.1, 0.15) is 18.1 Å². The van der Waals surface area contributed by atoms with Gasteiger partial charge in [-0.3, -0.25) is 0 Å². The van der Waals surface area contributed by atoms with E-state index < -0.39 is 0 Å². The number of hydrogen-bond donors (Lipinski definition) is 1. The fourth-order valence-electron chi connectivity index (χ4n) is 1.57. The number of aryl methyl sites for hydroxylation is 1. The Morgan fingerprint density at radius 2 is 2.11 bits per heavy atom. The molecule has 1 aromatic carbocycles. The average molecular weight is 264 g/mol. The van der Waals surface area contributed by atoms with Crippen molar-refractivity contribution < 1.29 is 9.84 Å². The Hall–Kier alpha value is -1.58. The quantitative estimate of drug-likeness (QED) is 0.917. The third-order valence-electron chi connectivity index (χ3n) is 2.60. The lowest BCUT2D eigenvalue weighted by Gasteiger charge is -2.07. The number of benzene rings is 1. The third kappa shape index (κ3) is 3.00. The smallest absolute Gasteiger partial charge is 0.219 e. The number of pyridine rings is 1. The van der Waals surface area contributed by atoms with E-state index in [-0.39, 0.29) is 6.61 Å². The first kappa shape index (κ1) is 12.9. The van der Waals surface area contributed by atoms with Crippen LogP contribution in [0.5, 0.6) is 11.6 Å². The van der Waals surface area contributed by atoms with E-state index in [1.54, 1.807) is 18.3 Å². The minimum Gasteiger partial charge on any atom is -0.439 e. The summed E-state index contributed by atoms with van der Waals surface area (Å²) in [5.74, 6) is 1.21. The highest BCUT2D eigenvalue weighted by Gasteiger charge is 2.03. The van der Waals surface area contributed by atoms with E-state index >= 15 is 0 Å². The van der Waals surface area contributed by atoms with Crippen LogP contribution >= 0.6 is 11.6 Å². The summed E-state index contributed by atoms with van der Waals surface area (Å²) < 4.78 is 5.62. The van der Waals surface area contributed by atoms with Crippen molar-refractivity contribution in [3.63, 3.8) is 0 Å². The number of aliphatic hydroxyl groups excluding tert-OH is 1. The van der Waals surface area contributed by atoms with Crippen LogP contribution in [0.3, 0.4) is 0 Å². The van der Waals surface area contributed by atoms with Crippen LogP contribution in [0.2, 0.25) is 5.02 Å². The second-order valence-corrected chi connectivity index (χ2v) is 4.28. The summed E-state index contributed by atoms with van der Waals surface area (Å²) in [6, 6.07) is 9.04. The van der Waals surface area contributed by atoms with E-state index in [9.17, 15) is 0 Å². The number of aromatic nitrogens is 1. The van der Waals surface area contributed by atoms with E-state index in [0.717, 1.165) is 22.6 Å². The molecule has 0 unspecified atom stereocenters. The highest BCUT2D eigenvalue weighted by Crippen LogP contribution is 2.25. The first-order valence-corrected chi connectivity index (χ1v) is 6.12. The number of rotatable bonds is 4. The molecule has 2 aromatic rings. The Bertz CT molecular complexity index is 526. The Labute approximate surface area is 111 Å². The molecule has 3 nitrogen and oxygen atoms in total. The minimum atomic E-state index is -0.0196. The van der Waals surface area contributed by atoms with E-state index in [1.807, 2.05) is 25.1 Å². The Kier molecular flexibility index (Phi) is 4.18. The van der Waals surface area contributed by atoms with Crippen molar-refractivity contribution in [2.24, 2.45) is 0 Å². The van der Waals surface area contributed by atoms with Crippen molar-refractivity contribution in [3.05, 3.63) is 52.7 Å². The Balaban J connectivity index is 2.17. The lowest BCUT2D eigenvalue weighted by atomic mass is 10.1. The van der Waals surface area contributed by atoms with Crippen LogP contribution in [0, 0.1) is 0 Å². The predicted molar refractivity (Wildman–Crippen MR) is 71.1 cm³/mol. The summed E-state index contributed by atoms with van der Waals surface area (Å²) in [7, 11) is 0. The molecule has 0 radical (unpaired) electrons. The first-order valence-electron chi connectivity index (χ1n) is 5.75. The highest BCUT2D eigenvalue weighted by molar-refractivity contribution is 6.31. The zero-order valence-corrected chi connectivity index (χ0v) is 10.8. The van der Waals surface area contributed by atoms with Crippen molar-refractivity contribution in [2.75, 3.05) is 0 Å². The van der Waals surface area contributed by atoms with Gasteiger partial charge >= 0.3 is 0 Å². The van der Waals surface area contributed by atoms with Crippen molar-refractivity contribution >= 4 is 11.6 Å². The summed E-state index contributed by atoms with van der Waals surface area (Å²) in [5.41, 5.74) is 1.80. The van der Waals surface area contributed by atoms with Gasteiger partial charge in [-0.1, -0.05) is 18.5 Å². The van der Waals surface area contributed by atoms with E-state index in [1.165, 1.54) is 0 Å². The van der Waals surface area contributed by atoms with Gasteiger partial charge in [0.05, 0.1) is 6.61 Å². The summed E-state index contributed by atoms with van der Waals surface area (Å²) in [6.45, 7) is 2.02. The molecule has 1 heterocycles. The van der Waals surface area contributed by atoms with Crippen LogP contribution in [0.25, 0.3) is 0 Å². The van der Waals surface area contributed by atoms with Gasteiger partial charge < -0.3 is 9.84 Å². The summed E-state index contributed by atoms with van der Waals surface area (Å²) >= 11 is 6.04. The first-order chi connectivity index (χ1) is 8.72. The van der Waals surface area contributed by atoms with Crippen molar-refractivity contribution in [1.82, 2.24) is 4.98 Å². The number of ether oxygens (including phenoxy) is 1. The van der Waals surface area contributed by atoms with Crippen molar-refractivity contribution in [1.29, 1.82) is 0 Å². The van der Waals surface area contributed by atoms with Gasteiger partial charge in [0.1, 0.15) is 5.75 Å². The van der Waals surface area contributed by atoms with Gasteiger partial charge in [0, 0.05) is 17.3 Å². The molecule has 0 aliphatic rings. The van der Waals surface area contributed by atoms with Crippen molar-refractivity contribution in [3.8, 4) is 11.6 Å². The fourth-order valence-corrected chi connectivity index (χ4v) is 1.82. The Morgan fingerprint density at radius 3 is 2.72 bits per heavy atom. The Morgan fingerprint density at radius 1 is 1.28 bits per heavy atom. The SMILES string of the molecule is CCc1cc(Oc2ccc(CO)cn2)ccc1Cl. The molecule has 0 atom stereocenters. The molecule has 0 aliphatic carbocycles. The van der Waals surface area contributed by atoms with E-state index in [0.29, 0.717) is 11.6 Å². The second-order valence-electron chi connectivity index (χ2n) is 3.87. The molecule has 0 aliphatic heterocycles. The van der Waals surface area contributed by atoms with Gasteiger partial charge in [0.2, 0.25) is 5.88 Å². The van der Waals surface area contributed by atoms with E-state index in [2.05, 4.69) is 4.98 Å². The fraction of sp³-hybridized carbons (Fsp3) is 0.214. The molecule has 0 spiro atoms.